The molecule has 0 bridgehead atoms. The minimum Gasteiger partial charge on any atom is -0.477 e. The first-order chi connectivity index (χ1) is 14.3. The van der Waals surface area contributed by atoms with Gasteiger partial charge in [-0.3, -0.25) is 18.7 Å². The number of oxime groups is 1. The number of fused-ring (bicyclic) bond motifs is 1. The number of amides is 3. The van der Waals surface area contributed by atoms with Crippen LogP contribution >= 0.6 is 0 Å². The van der Waals surface area contributed by atoms with Crippen LogP contribution in [0.1, 0.15) is 5.76 Å². The van der Waals surface area contributed by atoms with Crippen LogP contribution in [0.4, 0.5) is 4.79 Å². The number of carboxylic acid groups (broad SMARTS) is 1. The molecule has 1 fully saturated rings. The molecule has 1 saturated heterocycles. The molecule has 4 N–H and O–H groups in total. The molecule has 3 amide bonds. The summed E-state index contributed by atoms with van der Waals surface area (Å²) in [5.74, 6) is -3.33. The highest BCUT2D eigenvalue weighted by molar-refractivity contribution is 7.86. The molecule has 0 aliphatic carbocycles. The monoisotopic (exact) mass is 440 g/mol. The molecule has 2 aliphatic rings. The minimum absolute atomic E-state index is 0.0359. The number of hydrogen-bond donors (Lipinski definition) is 3. The maximum atomic E-state index is 12.6. The van der Waals surface area contributed by atoms with Crippen LogP contribution in [0.25, 0.3) is 0 Å². The summed E-state index contributed by atoms with van der Waals surface area (Å²) in [6.45, 7) is -0.528. The summed E-state index contributed by atoms with van der Waals surface area (Å²) in [5, 5.41) is 14.3. The Morgan fingerprint density at radius 3 is 2.77 bits per heavy atom. The van der Waals surface area contributed by atoms with Crippen LogP contribution in [-0.2, 0) is 34.8 Å². The van der Waals surface area contributed by atoms with E-state index in [1.807, 2.05) is 0 Å². The van der Waals surface area contributed by atoms with E-state index in [9.17, 15) is 28.5 Å². The van der Waals surface area contributed by atoms with Crippen molar-refractivity contribution in [1.82, 2.24) is 10.2 Å². The normalized spacial score (nSPS) is 23.4. The van der Waals surface area contributed by atoms with E-state index in [0.29, 0.717) is 0 Å². The highest BCUT2D eigenvalue weighted by atomic mass is 32.2. The van der Waals surface area contributed by atoms with Crippen molar-refractivity contribution in [3.05, 3.63) is 35.4 Å². The summed E-state index contributed by atoms with van der Waals surface area (Å²) in [7, 11) is -0.578. The van der Waals surface area contributed by atoms with E-state index >= 15 is 0 Å². The predicted octanol–water partition coefficient (Wildman–Crippen LogP) is -1.52. The third-order valence-electron chi connectivity index (χ3n) is 4.23. The fourth-order valence-electron chi connectivity index (χ4n) is 3.03. The standard InChI is InChI=1S/C16H16N4O9S/c1-27-19-9(8-3-2-4-28-8)12(21)18-10-13(22)20-11(15(23)24)7(5-29-16(17)25)6-30(26)14(10)20/h2-4,10,14H,5-6H2,1H3,(H2,17,25)(H,18,21)(H,23,24)/b19-9+/t10-,14-,30?/m1/s1. The van der Waals surface area contributed by atoms with Gasteiger partial charge >= 0.3 is 12.1 Å². The zero-order valence-corrected chi connectivity index (χ0v) is 16.2. The molecule has 14 heteroatoms. The van der Waals surface area contributed by atoms with Crippen molar-refractivity contribution in [2.45, 2.75) is 11.4 Å². The van der Waals surface area contributed by atoms with Gasteiger partial charge in [-0.1, -0.05) is 5.16 Å². The fraction of sp³-hybridized carbons (Fsp3) is 0.312. The number of β-lactam (4-membered cyclic amide) rings is 1. The van der Waals surface area contributed by atoms with Crippen molar-refractivity contribution in [3.8, 4) is 0 Å². The molecule has 13 nitrogen and oxygen atoms in total. The largest absolute Gasteiger partial charge is 0.477 e. The molecule has 2 aliphatic heterocycles. The second kappa shape index (κ2) is 8.36. The van der Waals surface area contributed by atoms with Crippen LogP contribution < -0.4 is 11.1 Å². The number of rotatable bonds is 7. The average Bonchev–Trinajstić information content (AvgIpc) is 3.22. The summed E-state index contributed by atoms with van der Waals surface area (Å²) in [6, 6.07) is 1.70. The Labute approximate surface area is 170 Å². The van der Waals surface area contributed by atoms with E-state index in [0.717, 1.165) is 4.90 Å². The van der Waals surface area contributed by atoms with E-state index in [-0.39, 0.29) is 22.8 Å². The lowest BCUT2D eigenvalue weighted by Gasteiger charge is -2.48. The molecule has 1 aromatic rings. The fourth-order valence-corrected chi connectivity index (χ4v) is 4.70. The molecule has 3 heterocycles. The van der Waals surface area contributed by atoms with Gasteiger partial charge in [0.15, 0.2) is 5.76 Å². The Balaban J connectivity index is 1.83. The lowest BCUT2D eigenvalue weighted by Crippen LogP contribution is -2.74. The SMILES string of the molecule is CO/N=C(/C(=O)N[C@@H]1C(=O)N2C(C(=O)O)=C(COC(N)=O)CS(=O)[C@H]12)c1ccco1. The second-order valence-corrected chi connectivity index (χ2v) is 7.57. The van der Waals surface area contributed by atoms with Gasteiger partial charge in [0.05, 0.1) is 22.8 Å². The molecule has 3 rings (SSSR count). The molecule has 0 saturated carbocycles. The van der Waals surface area contributed by atoms with Crippen molar-refractivity contribution in [1.29, 1.82) is 0 Å². The summed E-state index contributed by atoms with van der Waals surface area (Å²) >= 11 is 0. The van der Waals surface area contributed by atoms with E-state index in [1.54, 1.807) is 0 Å². The Morgan fingerprint density at radius 2 is 2.20 bits per heavy atom. The lowest BCUT2D eigenvalue weighted by molar-refractivity contribution is -0.150. The van der Waals surface area contributed by atoms with Crippen LogP contribution in [0.2, 0.25) is 0 Å². The molecule has 160 valence electrons. The third-order valence-corrected chi connectivity index (χ3v) is 5.89. The number of nitrogens with zero attached hydrogens (tertiary/aromatic N) is 2. The highest BCUT2D eigenvalue weighted by Crippen LogP contribution is 2.35. The van der Waals surface area contributed by atoms with Crippen LogP contribution in [-0.4, -0.2) is 74.7 Å². The maximum absolute atomic E-state index is 12.6. The Bertz CT molecular complexity index is 985. The summed E-state index contributed by atoms with van der Waals surface area (Å²) < 4.78 is 22.3. The molecular weight excluding hydrogens is 424 g/mol. The quantitative estimate of drug-likeness (QED) is 0.257. The van der Waals surface area contributed by atoms with E-state index in [1.165, 1.54) is 25.5 Å². The summed E-state index contributed by atoms with van der Waals surface area (Å²) in [6.07, 6.45) is 0.155. The van der Waals surface area contributed by atoms with Crippen LogP contribution in [0.15, 0.2) is 39.2 Å². The molecule has 1 aromatic heterocycles. The molecule has 1 unspecified atom stereocenters. The summed E-state index contributed by atoms with van der Waals surface area (Å²) in [5.41, 5.74) is 4.11. The maximum Gasteiger partial charge on any atom is 0.404 e. The van der Waals surface area contributed by atoms with E-state index < -0.39 is 58.4 Å². The van der Waals surface area contributed by atoms with Gasteiger partial charge in [0.1, 0.15) is 30.8 Å². The average molecular weight is 440 g/mol. The van der Waals surface area contributed by atoms with Gasteiger partial charge in [0.2, 0.25) is 5.71 Å². The minimum atomic E-state index is -1.79. The number of aliphatic carboxylic acids is 1. The Kier molecular flexibility index (Phi) is 5.86. The van der Waals surface area contributed by atoms with Crippen molar-refractivity contribution in [2.75, 3.05) is 19.5 Å². The van der Waals surface area contributed by atoms with Gasteiger partial charge in [-0.25, -0.2) is 9.59 Å². The zero-order valence-electron chi connectivity index (χ0n) is 15.4. The first-order valence-corrected chi connectivity index (χ1v) is 9.68. The van der Waals surface area contributed by atoms with Crippen LogP contribution in [0.5, 0.6) is 0 Å². The van der Waals surface area contributed by atoms with Crippen LogP contribution in [0.3, 0.4) is 0 Å². The van der Waals surface area contributed by atoms with Gasteiger partial charge in [-0.15, -0.1) is 0 Å². The number of carbonyl (C=O) groups is 4. The molecule has 0 radical (unpaired) electrons. The smallest absolute Gasteiger partial charge is 0.404 e. The van der Waals surface area contributed by atoms with E-state index in [4.69, 9.17) is 10.2 Å². The van der Waals surface area contributed by atoms with Crippen molar-refractivity contribution in [2.24, 2.45) is 10.9 Å². The number of hydrogen-bond acceptors (Lipinski definition) is 9. The molecule has 3 atom stereocenters. The van der Waals surface area contributed by atoms with Gasteiger partial charge in [-0.2, -0.15) is 0 Å². The Morgan fingerprint density at radius 1 is 1.47 bits per heavy atom. The predicted molar refractivity (Wildman–Crippen MR) is 98.0 cm³/mol. The molecular formula is C16H16N4O9S. The number of carbonyl (C=O) groups excluding carboxylic acids is 3. The van der Waals surface area contributed by atoms with Gasteiger partial charge in [0.25, 0.3) is 11.8 Å². The Hall–Kier alpha value is -3.68. The number of primary amides is 1. The van der Waals surface area contributed by atoms with Crippen molar-refractivity contribution in [3.63, 3.8) is 0 Å². The number of furan rings is 1. The van der Waals surface area contributed by atoms with E-state index in [2.05, 4.69) is 20.0 Å². The van der Waals surface area contributed by atoms with Crippen LogP contribution in [0, 0.1) is 0 Å². The first-order valence-electron chi connectivity index (χ1n) is 8.30. The molecule has 30 heavy (non-hydrogen) atoms. The third kappa shape index (κ3) is 3.76. The highest BCUT2D eigenvalue weighted by Gasteiger charge is 2.57. The van der Waals surface area contributed by atoms with Gasteiger partial charge in [-0.05, 0) is 12.1 Å². The molecule has 0 aromatic carbocycles. The van der Waals surface area contributed by atoms with Gasteiger partial charge < -0.3 is 30.1 Å². The number of ether oxygens (including phenoxy) is 1. The topological polar surface area (TPSA) is 191 Å². The van der Waals surface area contributed by atoms with Crippen molar-refractivity contribution < 1.29 is 42.5 Å². The van der Waals surface area contributed by atoms with Gasteiger partial charge in [0, 0.05) is 5.57 Å². The number of carboxylic acids is 1. The second-order valence-electron chi connectivity index (χ2n) is 6.04. The first kappa shape index (κ1) is 21.0. The molecule has 0 spiro atoms. The summed E-state index contributed by atoms with van der Waals surface area (Å²) in [4.78, 5) is 53.1. The number of nitrogens with two attached hydrogens (primary N) is 1. The lowest BCUT2D eigenvalue weighted by atomic mass is 10.0. The van der Waals surface area contributed by atoms with Crippen molar-refractivity contribution >= 4 is 40.4 Å². The number of nitrogens with one attached hydrogen (secondary N) is 1. The zero-order chi connectivity index (χ0) is 22.0.